The third-order valence-electron chi connectivity index (χ3n) is 14.5. The molecule has 3 fully saturated rings. The lowest BCUT2D eigenvalue weighted by Crippen LogP contribution is -2.58. The summed E-state index contributed by atoms with van der Waals surface area (Å²) in [6.45, 7) is 14.4. The normalized spacial score (nSPS) is 23.4. The first-order valence-corrected chi connectivity index (χ1v) is 23.9. The van der Waals surface area contributed by atoms with Crippen LogP contribution in [0.15, 0.2) is 48.7 Å². The van der Waals surface area contributed by atoms with E-state index in [0.29, 0.717) is 60.9 Å². The van der Waals surface area contributed by atoms with E-state index in [1.165, 1.54) is 11.6 Å². The van der Waals surface area contributed by atoms with Gasteiger partial charge in [0.15, 0.2) is 0 Å². The van der Waals surface area contributed by atoms with Gasteiger partial charge in [0.1, 0.15) is 11.9 Å². The number of carbonyl (C=O) groups excluding carboxylic acids is 5. The fourth-order valence-electron chi connectivity index (χ4n) is 11.0. The number of imidazole rings is 1. The van der Waals surface area contributed by atoms with Gasteiger partial charge < -0.3 is 14.2 Å². The highest BCUT2D eigenvalue weighted by atomic mass is 19.1. The molecule has 2 N–H and O–H groups in total. The van der Waals surface area contributed by atoms with E-state index in [1.54, 1.807) is 23.0 Å². The predicted molar refractivity (Wildman–Crippen MR) is 252 cm³/mol. The van der Waals surface area contributed by atoms with E-state index in [4.69, 9.17) is 14.7 Å². The number of amides is 5. The fraction of sp³-hybridized carbons (Fsp3) is 0.480. The van der Waals surface area contributed by atoms with Gasteiger partial charge in [-0.25, -0.2) is 14.1 Å². The third-order valence-corrected chi connectivity index (χ3v) is 14.5. The number of halogens is 1. The molecule has 10 rings (SSSR count). The minimum atomic E-state index is -1.11. The summed E-state index contributed by atoms with van der Waals surface area (Å²) in [5, 5.41) is 9.77. The van der Waals surface area contributed by atoms with Crippen LogP contribution in [0.2, 0.25) is 0 Å². The number of hydrogen-bond acceptors (Lipinski definition) is 12. The van der Waals surface area contributed by atoms with Crippen LogP contribution in [0.5, 0.6) is 5.88 Å². The van der Waals surface area contributed by atoms with Gasteiger partial charge >= 0.3 is 0 Å². The first-order chi connectivity index (χ1) is 32.7. The lowest BCUT2D eigenvalue weighted by Gasteiger charge is -2.47. The zero-order chi connectivity index (χ0) is 47.5. The van der Waals surface area contributed by atoms with Gasteiger partial charge in [-0.1, -0.05) is 13.0 Å². The van der Waals surface area contributed by atoms with E-state index in [9.17, 15) is 24.0 Å². The number of aromatic nitrogens is 5. The van der Waals surface area contributed by atoms with Crippen molar-refractivity contribution < 1.29 is 33.1 Å². The minimum Gasteiger partial charge on any atom is -0.477 e. The number of nitrogens with one attached hydrogen (secondary N) is 2. The van der Waals surface area contributed by atoms with E-state index in [2.05, 4.69) is 69.1 Å². The summed E-state index contributed by atoms with van der Waals surface area (Å²) in [4.78, 5) is 82.5. The van der Waals surface area contributed by atoms with Gasteiger partial charge in [0.05, 0.1) is 51.9 Å². The molecule has 2 aromatic carbocycles. The minimum absolute atomic E-state index is 0.0140. The van der Waals surface area contributed by atoms with Gasteiger partial charge in [0.25, 0.3) is 17.7 Å². The number of pyridine rings is 1. The molecule has 3 saturated heterocycles. The second kappa shape index (κ2) is 18.2. The largest absolute Gasteiger partial charge is 0.477 e. The molecular formula is C50H58FN11O6. The molecule has 5 amide bonds. The van der Waals surface area contributed by atoms with E-state index in [-0.39, 0.29) is 53.6 Å². The van der Waals surface area contributed by atoms with Gasteiger partial charge in [-0.3, -0.25) is 54.3 Å². The van der Waals surface area contributed by atoms with Crippen molar-refractivity contribution >= 4 is 52.2 Å². The van der Waals surface area contributed by atoms with Crippen molar-refractivity contribution in [1.82, 2.24) is 44.3 Å². The van der Waals surface area contributed by atoms with Crippen LogP contribution in [0.25, 0.3) is 22.3 Å². The second-order valence-electron chi connectivity index (χ2n) is 19.6. The summed E-state index contributed by atoms with van der Waals surface area (Å²) in [5.41, 5.74) is 5.84. The highest BCUT2D eigenvalue weighted by Crippen LogP contribution is 2.36. The number of aryl methyl sites for hydroxylation is 2. The average molecular weight is 928 g/mol. The second-order valence-corrected chi connectivity index (χ2v) is 19.6. The summed E-state index contributed by atoms with van der Waals surface area (Å²) in [6, 6.07) is 11.7. The van der Waals surface area contributed by atoms with Crippen LogP contribution >= 0.6 is 0 Å². The van der Waals surface area contributed by atoms with Crippen LogP contribution < -0.4 is 20.3 Å². The monoisotopic (exact) mass is 927 g/mol. The number of nitrogens with zero attached hydrogens (tertiary/aromatic N) is 9. The smallest absolute Gasteiger partial charge is 0.262 e. The number of carbonyl (C=O) groups is 5. The summed E-state index contributed by atoms with van der Waals surface area (Å²) in [6.07, 6.45) is 5.65. The molecule has 18 heteroatoms. The van der Waals surface area contributed by atoms with Crippen LogP contribution in [-0.4, -0.2) is 126 Å². The number of fused-ring (bicyclic) bond motifs is 8. The van der Waals surface area contributed by atoms with E-state index >= 15 is 4.39 Å². The molecular weight excluding hydrogens is 870 g/mol. The SMILES string of the molecule is Cc1cc2cc(n1)-c1cnn(C)c1OCCC[C@@H](C)Cn1c(nc3ccc(CN4CCC(CN5C(C)CN(c6cc7c(cc6F)C(=O)N(C6CCC(=O)NC6=O)C7=O)CC5C)CC4)cc31)NC2=O. The number of benzene rings is 2. The quantitative estimate of drug-likeness (QED) is 0.203. The lowest BCUT2D eigenvalue weighted by atomic mass is 9.93. The van der Waals surface area contributed by atoms with Gasteiger partial charge in [-0.05, 0) is 120 Å². The molecule has 0 saturated carbocycles. The number of imide groups is 2. The summed E-state index contributed by atoms with van der Waals surface area (Å²) >= 11 is 0. The number of piperazine rings is 1. The van der Waals surface area contributed by atoms with Crippen LogP contribution in [0.3, 0.4) is 0 Å². The Morgan fingerprint density at radius 2 is 1.59 bits per heavy atom. The Bertz CT molecular complexity index is 2840. The Labute approximate surface area is 394 Å². The molecule has 2 bridgehead atoms. The molecule has 3 unspecified atom stereocenters. The zero-order valence-electron chi connectivity index (χ0n) is 39.3. The first kappa shape index (κ1) is 45.3. The van der Waals surface area contributed by atoms with Crippen LogP contribution in [-0.2, 0) is 29.7 Å². The molecule has 4 atom stereocenters. The highest BCUT2D eigenvalue weighted by molar-refractivity contribution is 6.23. The standard InChI is InChI=1S/C50H58FN11O6/c1-28-7-6-16-68-49-37(22-52-57(49)5)40-19-34(17-29(2)53-40)45(64)56-50-54-39-9-8-33(18-43(39)61(50)23-28)26-58-14-12-32(13-15-58)27-60-30(3)24-59(25-31(60)4)42-21-36-35(20-38(42)51)47(66)62(48(36)67)41-10-11-44(63)55-46(41)65/h8-9,17-22,28,30-32,41H,6-7,10-16,23-27H2,1-5H3,(H,54,56,64)(H,55,63,65)/t28-,30?,31?,41?/m1/s1. The van der Waals surface area contributed by atoms with E-state index < -0.39 is 35.5 Å². The Morgan fingerprint density at radius 3 is 2.34 bits per heavy atom. The molecule has 356 valence electrons. The topological polar surface area (TPSA) is 180 Å². The number of anilines is 2. The van der Waals surface area contributed by atoms with E-state index in [1.807, 2.05) is 18.9 Å². The van der Waals surface area contributed by atoms with Crippen molar-refractivity contribution in [2.75, 3.05) is 49.5 Å². The van der Waals surface area contributed by atoms with Crippen molar-refractivity contribution in [1.29, 1.82) is 0 Å². The molecule has 0 spiro atoms. The van der Waals surface area contributed by atoms with Crippen LogP contribution in [0, 0.1) is 24.6 Å². The van der Waals surface area contributed by atoms with Gasteiger partial charge in [0, 0.05) is 69.5 Å². The maximum atomic E-state index is 15.8. The Hall–Kier alpha value is -6.53. The number of ether oxygens (including phenoxy) is 1. The molecule has 68 heavy (non-hydrogen) atoms. The van der Waals surface area contributed by atoms with Crippen molar-refractivity contribution in [2.45, 2.75) is 97.4 Å². The van der Waals surface area contributed by atoms with Crippen molar-refractivity contribution in [2.24, 2.45) is 18.9 Å². The maximum Gasteiger partial charge on any atom is 0.262 e. The first-order valence-electron chi connectivity index (χ1n) is 23.9. The van der Waals surface area contributed by atoms with Crippen molar-refractivity contribution in [3.63, 3.8) is 0 Å². The Balaban J connectivity index is 0.779. The van der Waals surface area contributed by atoms with Gasteiger partial charge in [-0.2, -0.15) is 5.10 Å². The highest BCUT2D eigenvalue weighted by Gasteiger charge is 2.46. The summed E-state index contributed by atoms with van der Waals surface area (Å²) < 4.78 is 25.9. The predicted octanol–water partition coefficient (Wildman–Crippen LogP) is 5.55. The molecule has 8 heterocycles. The Kier molecular flexibility index (Phi) is 12.1. The molecule has 5 aromatic rings. The third kappa shape index (κ3) is 8.63. The summed E-state index contributed by atoms with van der Waals surface area (Å²) in [7, 11) is 1.84. The number of rotatable bonds is 6. The summed E-state index contributed by atoms with van der Waals surface area (Å²) in [5.74, 6) is -1.43. The average Bonchev–Trinajstić information content (AvgIpc) is 3.92. The molecule has 0 aliphatic carbocycles. The van der Waals surface area contributed by atoms with Crippen molar-refractivity contribution in [3.8, 4) is 17.1 Å². The maximum absolute atomic E-state index is 15.8. The molecule has 5 aliphatic rings. The van der Waals surface area contributed by atoms with Crippen LogP contribution in [0.1, 0.15) is 102 Å². The fourth-order valence-corrected chi connectivity index (χ4v) is 11.0. The molecule has 0 radical (unpaired) electrons. The Morgan fingerprint density at radius 1 is 0.838 bits per heavy atom. The van der Waals surface area contributed by atoms with Gasteiger partial charge in [0.2, 0.25) is 23.6 Å². The number of hydrogen-bond donors (Lipinski definition) is 2. The van der Waals surface area contributed by atoms with Gasteiger partial charge in [-0.15, -0.1) is 0 Å². The van der Waals surface area contributed by atoms with Crippen molar-refractivity contribution in [3.05, 3.63) is 82.4 Å². The lowest BCUT2D eigenvalue weighted by molar-refractivity contribution is -0.136. The molecule has 3 aromatic heterocycles. The molecule has 5 aliphatic heterocycles. The van der Waals surface area contributed by atoms with Crippen LogP contribution in [0.4, 0.5) is 16.0 Å². The number of likely N-dealkylation sites (tertiary alicyclic amines) is 1. The zero-order valence-corrected chi connectivity index (χ0v) is 39.3. The number of piperidine rings is 2. The molecule has 17 nitrogen and oxygen atoms in total. The van der Waals surface area contributed by atoms with E-state index in [0.717, 1.165) is 79.4 Å².